The van der Waals surface area contributed by atoms with Crippen molar-refractivity contribution >= 4 is 84.7 Å². The Bertz CT molecular complexity index is 1390. The zero-order chi connectivity index (χ0) is 25.8. The van der Waals surface area contributed by atoms with Gasteiger partial charge in [0, 0.05) is 15.2 Å². The van der Waals surface area contributed by atoms with Gasteiger partial charge in [-0.15, -0.1) is 0 Å². The third-order valence-electron chi connectivity index (χ3n) is 4.94. The minimum Gasteiger partial charge on any atom is -0.483 e. The van der Waals surface area contributed by atoms with Gasteiger partial charge in [-0.05, 0) is 88.2 Å². The maximum Gasteiger partial charge on any atom is 0.335 e. The smallest absolute Gasteiger partial charge is 0.335 e. The van der Waals surface area contributed by atoms with Gasteiger partial charge in [0.25, 0.3) is 17.7 Å². The molecule has 5 amide bonds. The van der Waals surface area contributed by atoms with Gasteiger partial charge in [-0.3, -0.25) is 19.7 Å². The number of nitrogens with zero attached hydrogens (tertiary/aromatic N) is 1. The number of carbonyl (C=O) groups is 4. The molecule has 0 aromatic heterocycles. The van der Waals surface area contributed by atoms with Gasteiger partial charge >= 0.3 is 6.03 Å². The number of imide groups is 2. The Hall–Kier alpha value is -3.47. The van der Waals surface area contributed by atoms with E-state index in [1.165, 1.54) is 6.08 Å². The molecule has 0 atom stereocenters. The van der Waals surface area contributed by atoms with Crippen LogP contribution in [0.15, 0.2) is 81.2 Å². The fourth-order valence-electron chi connectivity index (χ4n) is 3.25. The molecule has 11 heteroatoms. The van der Waals surface area contributed by atoms with Crippen molar-refractivity contribution in [1.82, 2.24) is 5.32 Å². The summed E-state index contributed by atoms with van der Waals surface area (Å²) in [5, 5.41) is 5.44. The van der Waals surface area contributed by atoms with Crippen LogP contribution < -0.4 is 20.3 Å². The van der Waals surface area contributed by atoms with Crippen molar-refractivity contribution < 1.29 is 23.9 Å². The second-order valence-corrected chi connectivity index (χ2v) is 9.67. The normalized spacial score (nSPS) is 14.6. The van der Waals surface area contributed by atoms with Gasteiger partial charge in [-0.25, -0.2) is 9.69 Å². The molecule has 1 fully saturated rings. The first-order valence-electron chi connectivity index (χ1n) is 10.4. The Labute approximate surface area is 227 Å². The van der Waals surface area contributed by atoms with E-state index < -0.39 is 17.8 Å². The molecule has 0 bridgehead atoms. The number of nitrogens with one attached hydrogen (secondary N) is 2. The first-order valence-corrected chi connectivity index (χ1v) is 12.3. The number of benzene rings is 3. The number of hydrogen-bond donors (Lipinski definition) is 2. The maximum atomic E-state index is 13.0. The van der Waals surface area contributed by atoms with Crippen LogP contribution in [0, 0.1) is 0 Å². The van der Waals surface area contributed by atoms with Crippen LogP contribution in [0.5, 0.6) is 5.75 Å². The second kappa shape index (κ2) is 11.1. The van der Waals surface area contributed by atoms with E-state index in [4.69, 9.17) is 16.3 Å². The molecule has 0 radical (unpaired) electrons. The summed E-state index contributed by atoms with van der Waals surface area (Å²) in [5.74, 6) is -1.53. The van der Waals surface area contributed by atoms with E-state index in [-0.39, 0.29) is 18.1 Å². The highest BCUT2D eigenvalue weighted by Gasteiger charge is 2.36. The van der Waals surface area contributed by atoms with Crippen molar-refractivity contribution in [1.29, 1.82) is 0 Å². The number of anilines is 2. The highest BCUT2D eigenvalue weighted by atomic mass is 79.9. The number of halogens is 3. The van der Waals surface area contributed by atoms with E-state index in [2.05, 4.69) is 42.5 Å². The lowest BCUT2D eigenvalue weighted by Crippen LogP contribution is -2.54. The highest BCUT2D eigenvalue weighted by molar-refractivity contribution is 9.10. The molecule has 0 spiro atoms. The number of urea groups is 1. The quantitative estimate of drug-likeness (QED) is 0.274. The molecule has 1 aliphatic heterocycles. The Morgan fingerprint density at radius 1 is 1.00 bits per heavy atom. The van der Waals surface area contributed by atoms with Crippen LogP contribution in [-0.2, 0) is 14.4 Å². The fourth-order valence-corrected chi connectivity index (χ4v) is 4.15. The first kappa shape index (κ1) is 25.6. The van der Waals surface area contributed by atoms with Crippen molar-refractivity contribution in [2.45, 2.75) is 0 Å². The monoisotopic (exact) mass is 631 g/mol. The number of hydrogen-bond acceptors (Lipinski definition) is 5. The molecule has 1 saturated heterocycles. The molecule has 2 N–H and O–H groups in total. The zero-order valence-corrected chi connectivity index (χ0v) is 22.2. The summed E-state index contributed by atoms with van der Waals surface area (Å²) in [6, 6.07) is 17.2. The lowest BCUT2D eigenvalue weighted by Gasteiger charge is -2.26. The molecule has 3 aromatic carbocycles. The summed E-state index contributed by atoms with van der Waals surface area (Å²) in [5.41, 5.74) is 1.20. The Morgan fingerprint density at radius 3 is 2.36 bits per heavy atom. The van der Waals surface area contributed by atoms with Crippen molar-refractivity contribution in [3.63, 3.8) is 0 Å². The Balaban J connectivity index is 1.47. The van der Waals surface area contributed by atoms with Crippen LogP contribution in [0.2, 0.25) is 5.02 Å². The van der Waals surface area contributed by atoms with E-state index >= 15 is 0 Å². The van der Waals surface area contributed by atoms with E-state index in [0.29, 0.717) is 32.2 Å². The van der Waals surface area contributed by atoms with Crippen molar-refractivity contribution in [2.24, 2.45) is 0 Å². The number of carbonyl (C=O) groups excluding carboxylic acids is 4. The summed E-state index contributed by atoms with van der Waals surface area (Å²) in [6.07, 6.45) is 1.37. The van der Waals surface area contributed by atoms with Gasteiger partial charge in [0.1, 0.15) is 11.3 Å². The molecular formula is C25H16Br2ClN3O5. The van der Waals surface area contributed by atoms with Crippen molar-refractivity contribution in [2.75, 3.05) is 16.8 Å². The molecule has 0 unspecified atom stereocenters. The van der Waals surface area contributed by atoms with Gasteiger partial charge in [-0.2, -0.15) is 0 Å². The third-order valence-corrected chi connectivity index (χ3v) is 6.34. The van der Waals surface area contributed by atoms with Crippen LogP contribution in [0.1, 0.15) is 5.56 Å². The van der Waals surface area contributed by atoms with Gasteiger partial charge in [-0.1, -0.05) is 33.6 Å². The van der Waals surface area contributed by atoms with Crippen LogP contribution in [0.25, 0.3) is 6.08 Å². The molecule has 36 heavy (non-hydrogen) atoms. The molecule has 8 nitrogen and oxygen atoms in total. The molecule has 3 aromatic rings. The van der Waals surface area contributed by atoms with Gasteiger partial charge in [0.05, 0.1) is 10.2 Å². The largest absolute Gasteiger partial charge is 0.483 e. The van der Waals surface area contributed by atoms with Gasteiger partial charge < -0.3 is 10.1 Å². The number of ether oxygens (including phenoxy) is 1. The number of barbiturate groups is 1. The van der Waals surface area contributed by atoms with Gasteiger partial charge in [0.2, 0.25) is 0 Å². The van der Waals surface area contributed by atoms with Crippen LogP contribution in [0.4, 0.5) is 16.2 Å². The number of amides is 5. The lowest BCUT2D eigenvalue weighted by atomic mass is 10.1. The number of rotatable bonds is 6. The van der Waals surface area contributed by atoms with Crippen LogP contribution >= 0.6 is 43.5 Å². The standard InChI is InChI=1S/C25H16Br2ClN3O5/c26-15-2-8-18(9-3-15)31-24(34)19(23(33)30-25(31)35)11-14-1-10-21(20(27)12-14)36-13-22(32)29-17-6-4-16(28)5-7-17/h1-12H,13H2,(H,29,32)(H,30,33,35)/b19-11+. The topological polar surface area (TPSA) is 105 Å². The van der Waals surface area contributed by atoms with Crippen LogP contribution in [-0.4, -0.2) is 30.4 Å². The van der Waals surface area contributed by atoms with Crippen LogP contribution in [0.3, 0.4) is 0 Å². The second-order valence-electron chi connectivity index (χ2n) is 7.47. The lowest BCUT2D eigenvalue weighted by molar-refractivity contribution is -0.122. The summed E-state index contributed by atoms with van der Waals surface area (Å²) in [4.78, 5) is 50.8. The fraction of sp³-hybridized carbons (Fsp3) is 0.0400. The Kier molecular flexibility index (Phi) is 7.88. The molecule has 0 saturated carbocycles. The van der Waals surface area contributed by atoms with E-state index in [1.807, 2.05) is 0 Å². The first-order chi connectivity index (χ1) is 17.2. The predicted octanol–water partition coefficient (Wildman–Crippen LogP) is 5.55. The van der Waals surface area contributed by atoms with Gasteiger partial charge in [0.15, 0.2) is 6.61 Å². The van der Waals surface area contributed by atoms with Crippen molar-refractivity contribution in [3.05, 3.63) is 91.8 Å². The SMILES string of the molecule is O=C(COc1ccc(/C=C2\C(=O)NC(=O)N(c3ccc(Br)cc3)C2=O)cc1Br)Nc1ccc(Cl)cc1. The molecule has 0 aliphatic carbocycles. The maximum absolute atomic E-state index is 13.0. The van der Waals surface area contributed by atoms with E-state index in [0.717, 1.165) is 9.37 Å². The molecule has 4 rings (SSSR count). The summed E-state index contributed by atoms with van der Waals surface area (Å²) >= 11 is 12.5. The minimum atomic E-state index is -0.828. The molecule has 182 valence electrons. The molecule has 1 aliphatic rings. The molecule has 1 heterocycles. The average Bonchev–Trinajstić information content (AvgIpc) is 2.84. The third kappa shape index (κ3) is 6.01. The zero-order valence-electron chi connectivity index (χ0n) is 18.3. The van der Waals surface area contributed by atoms with E-state index in [1.54, 1.807) is 66.7 Å². The highest BCUT2D eigenvalue weighted by Crippen LogP contribution is 2.28. The molecular weight excluding hydrogens is 618 g/mol. The summed E-state index contributed by atoms with van der Waals surface area (Å²) in [6.45, 7) is -0.243. The predicted molar refractivity (Wildman–Crippen MR) is 143 cm³/mol. The minimum absolute atomic E-state index is 0.208. The van der Waals surface area contributed by atoms with Crippen molar-refractivity contribution in [3.8, 4) is 5.75 Å². The summed E-state index contributed by atoms with van der Waals surface area (Å²) in [7, 11) is 0. The summed E-state index contributed by atoms with van der Waals surface area (Å²) < 4.78 is 6.85. The van der Waals surface area contributed by atoms with E-state index in [9.17, 15) is 19.2 Å². The Morgan fingerprint density at radius 2 is 1.69 bits per heavy atom. The average molecular weight is 634 g/mol.